The van der Waals surface area contributed by atoms with Crippen molar-refractivity contribution in [1.29, 1.82) is 0 Å². The standard InChI is InChI=1S/C11H15BrFN/c1-7(2)6-10(14)8-4-3-5-9(12)11(8)13/h3-5,7,10H,6,14H2,1-2H3/t10-/m0/s1. The van der Waals surface area contributed by atoms with Crippen molar-refractivity contribution in [1.82, 2.24) is 0 Å². The molecular formula is C11H15BrFN. The van der Waals surface area contributed by atoms with E-state index in [0.29, 0.717) is 16.0 Å². The Morgan fingerprint density at radius 1 is 1.43 bits per heavy atom. The summed E-state index contributed by atoms with van der Waals surface area (Å²) in [5, 5.41) is 0. The van der Waals surface area contributed by atoms with Crippen molar-refractivity contribution in [2.45, 2.75) is 26.3 Å². The topological polar surface area (TPSA) is 26.0 Å². The molecule has 0 amide bonds. The zero-order valence-electron chi connectivity index (χ0n) is 8.43. The first-order chi connectivity index (χ1) is 6.52. The van der Waals surface area contributed by atoms with E-state index in [1.54, 1.807) is 12.1 Å². The van der Waals surface area contributed by atoms with Gasteiger partial charge in [0.1, 0.15) is 5.82 Å². The number of hydrogen-bond acceptors (Lipinski definition) is 1. The van der Waals surface area contributed by atoms with Crippen LogP contribution in [0.1, 0.15) is 31.9 Å². The summed E-state index contributed by atoms with van der Waals surface area (Å²) in [6.07, 6.45) is 0.799. The number of rotatable bonds is 3. The van der Waals surface area contributed by atoms with Gasteiger partial charge in [-0.2, -0.15) is 0 Å². The lowest BCUT2D eigenvalue weighted by Gasteiger charge is -2.15. The molecule has 78 valence electrons. The van der Waals surface area contributed by atoms with Crippen LogP contribution in [-0.4, -0.2) is 0 Å². The summed E-state index contributed by atoms with van der Waals surface area (Å²) in [6, 6.07) is 5.02. The molecule has 0 aromatic heterocycles. The van der Waals surface area contributed by atoms with Crippen molar-refractivity contribution in [3.8, 4) is 0 Å². The van der Waals surface area contributed by atoms with Crippen LogP contribution in [0.5, 0.6) is 0 Å². The van der Waals surface area contributed by atoms with Gasteiger partial charge >= 0.3 is 0 Å². The first kappa shape index (κ1) is 11.7. The molecule has 0 heterocycles. The molecule has 0 unspecified atom stereocenters. The van der Waals surface area contributed by atoms with E-state index >= 15 is 0 Å². The van der Waals surface area contributed by atoms with E-state index in [1.807, 2.05) is 6.07 Å². The first-order valence-corrected chi connectivity index (χ1v) is 5.51. The van der Waals surface area contributed by atoms with Crippen LogP contribution in [0.3, 0.4) is 0 Å². The van der Waals surface area contributed by atoms with E-state index in [2.05, 4.69) is 29.8 Å². The molecule has 1 atom stereocenters. The SMILES string of the molecule is CC(C)C[C@H](N)c1cccc(Br)c1F. The Labute approximate surface area is 92.6 Å². The average Bonchev–Trinajstić information content (AvgIpc) is 2.08. The number of benzene rings is 1. The van der Waals surface area contributed by atoms with E-state index in [4.69, 9.17) is 5.73 Å². The molecule has 0 aliphatic carbocycles. The zero-order valence-corrected chi connectivity index (χ0v) is 10.0. The van der Waals surface area contributed by atoms with Gasteiger partial charge in [-0.1, -0.05) is 26.0 Å². The molecule has 0 spiro atoms. The largest absolute Gasteiger partial charge is 0.324 e. The second-order valence-electron chi connectivity index (χ2n) is 3.88. The molecule has 1 aromatic carbocycles. The molecule has 1 aromatic rings. The third-order valence-corrected chi connectivity index (χ3v) is 2.72. The Kier molecular flexibility index (Phi) is 4.08. The smallest absolute Gasteiger partial charge is 0.142 e. The van der Waals surface area contributed by atoms with Gasteiger partial charge in [0.2, 0.25) is 0 Å². The maximum atomic E-state index is 13.6. The number of hydrogen-bond donors (Lipinski definition) is 1. The molecule has 0 saturated carbocycles. The predicted molar refractivity (Wildman–Crippen MR) is 60.5 cm³/mol. The van der Waals surface area contributed by atoms with Crippen LogP contribution in [0.25, 0.3) is 0 Å². The normalized spacial score (nSPS) is 13.3. The van der Waals surface area contributed by atoms with E-state index in [0.717, 1.165) is 6.42 Å². The summed E-state index contributed by atoms with van der Waals surface area (Å²) in [5.41, 5.74) is 6.50. The Bertz CT molecular complexity index is 312. The van der Waals surface area contributed by atoms with Gasteiger partial charge in [0.25, 0.3) is 0 Å². The molecule has 1 rings (SSSR count). The van der Waals surface area contributed by atoms with Gasteiger partial charge in [0.15, 0.2) is 0 Å². The molecule has 0 aliphatic rings. The Morgan fingerprint density at radius 2 is 2.07 bits per heavy atom. The summed E-state index contributed by atoms with van der Waals surface area (Å²) in [6.45, 7) is 4.16. The van der Waals surface area contributed by atoms with Gasteiger partial charge in [-0.15, -0.1) is 0 Å². The maximum absolute atomic E-state index is 13.6. The van der Waals surface area contributed by atoms with Crippen LogP contribution in [-0.2, 0) is 0 Å². The van der Waals surface area contributed by atoms with Gasteiger partial charge in [-0.25, -0.2) is 4.39 Å². The molecule has 0 fully saturated rings. The molecule has 0 radical (unpaired) electrons. The fourth-order valence-electron chi connectivity index (χ4n) is 1.44. The molecule has 3 heteroatoms. The van der Waals surface area contributed by atoms with Gasteiger partial charge in [0.05, 0.1) is 4.47 Å². The fraction of sp³-hybridized carbons (Fsp3) is 0.455. The lowest BCUT2D eigenvalue weighted by molar-refractivity contribution is 0.487. The molecular weight excluding hydrogens is 245 g/mol. The van der Waals surface area contributed by atoms with Gasteiger partial charge in [0, 0.05) is 11.6 Å². The van der Waals surface area contributed by atoms with Crippen LogP contribution in [0.2, 0.25) is 0 Å². The minimum absolute atomic E-state index is 0.215. The second kappa shape index (κ2) is 4.89. The van der Waals surface area contributed by atoms with Crippen LogP contribution in [0, 0.1) is 11.7 Å². The van der Waals surface area contributed by atoms with Crippen molar-refractivity contribution < 1.29 is 4.39 Å². The third-order valence-electron chi connectivity index (χ3n) is 2.11. The minimum atomic E-state index is -0.236. The summed E-state index contributed by atoms with van der Waals surface area (Å²) < 4.78 is 14.1. The molecule has 0 bridgehead atoms. The Hall–Kier alpha value is -0.410. The van der Waals surface area contributed by atoms with Crippen molar-refractivity contribution in [2.75, 3.05) is 0 Å². The quantitative estimate of drug-likeness (QED) is 0.882. The van der Waals surface area contributed by atoms with Crippen molar-refractivity contribution >= 4 is 15.9 Å². The molecule has 1 nitrogen and oxygen atoms in total. The van der Waals surface area contributed by atoms with Crippen molar-refractivity contribution in [3.05, 3.63) is 34.1 Å². The highest BCUT2D eigenvalue weighted by Crippen LogP contribution is 2.25. The van der Waals surface area contributed by atoms with Crippen LogP contribution >= 0.6 is 15.9 Å². The molecule has 14 heavy (non-hydrogen) atoms. The van der Waals surface area contributed by atoms with Crippen molar-refractivity contribution in [3.63, 3.8) is 0 Å². The third kappa shape index (κ3) is 2.79. The average molecular weight is 260 g/mol. The maximum Gasteiger partial charge on any atom is 0.142 e. The Morgan fingerprint density at radius 3 is 2.64 bits per heavy atom. The zero-order chi connectivity index (χ0) is 10.7. The van der Waals surface area contributed by atoms with E-state index in [-0.39, 0.29) is 11.9 Å². The monoisotopic (exact) mass is 259 g/mol. The number of halogens is 2. The minimum Gasteiger partial charge on any atom is -0.324 e. The van der Waals surface area contributed by atoms with Gasteiger partial charge < -0.3 is 5.73 Å². The van der Waals surface area contributed by atoms with Gasteiger partial charge in [-0.05, 0) is 34.3 Å². The predicted octanol–water partition coefficient (Wildman–Crippen LogP) is 3.63. The number of nitrogens with two attached hydrogens (primary N) is 1. The molecule has 0 aliphatic heterocycles. The van der Waals surface area contributed by atoms with E-state index < -0.39 is 0 Å². The van der Waals surface area contributed by atoms with Crippen LogP contribution in [0.4, 0.5) is 4.39 Å². The summed E-state index contributed by atoms with van der Waals surface area (Å²) in [4.78, 5) is 0. The van der Waals surface area contributed by atoms with Crippen molar-refractivity contribution in [2.24, 2.45) is 11.7 Å². The highest BCUT2D eigenvalue weighted by Gasteiger charge is 2.14. The van der Waals surface area contributed by atoms with E-state index in [1.165, 1.54) is 0 Å². The molecule has 2 N–H and O–H groups in total. The summed E-state index contributed by atoms with van der Waals surface area (Å²) in [5.74, 6) is 0.240. The summed E-state index contributed by atoms with van der Waals surface area (Å²) >= 11 is 3.15. The van der Waals surface area contributed by atoms with Gasteiger partial charge in [-0.3, -0.25) is 0 Å². The van der Waals surface area contributed by atoms with Crippen LogP contribution < -0.4 is 5.73 Å². The van der Waals surface area contributed by atoms with E-state index in [9.17, 15) is 4.39 Å². The lowest BCUT2D eigenvalue weighted by atomic mass is 9.97. The Balaban J connectivity index is 2.89. The van der Waals surface area contributed by atoms with Crippen LogP contribution in [0.15, 0.2) is 22.7 Å². The molecule has 0 saturated heterocycles. The highest BCUT2D eigenvalue weighted by atomic mass is 79.9. The first-order valence-electron chi connectivity index (χ1n) is 4.72. The lowest BCUT2D eigenvalue weighted by Crippen LogP contribution is -2.14. The fourth-order valence-corrected chi connectivity index (χ4v) is 1.82. The summed E-state index contributed by atoms with van der Waals surface area (Å²) in [7, 11) is 0. The second-order valence-corrected chi connectivity index (χ2v) is 4.73. The highest BCUT2D eigenvalue weighted by molar-refractivity contribution is 9.10.